The molecule has 4 nitrogen and oxygen atoms in total. The molecule has 1 aromatic heterocycles. The van der Waals surface area contributed by atoms with E-state index in [0.717, 1.165) is 22.6 Å². The topological polar surface area (TPSA) is 46.9 Å². The lowest BCUT2D eigenvalue weighted by atomic mass is 9.87. The molecular weight excluding hydrogens is 354 g/mol. The van der Waals surface area contributed by atoms with Crippen molar-refractivity contribution in [3.05, 3.63) is 70.9 Å². The van der Waals surface area contributed by atoms with Crippen molar-refractivity contribution in [3.8, 4) is 5.69 Å². The average molecular weight is 370 g/mol. The lowest BCUT2D eigenvalue weighted by Gasteiger charge is -2.24. The van der Waals surface area contributed by atoms with Crippen LogP contribution in [0.15, 0.2) is 59.6 Å². The van der Waals surface area contributed by atoms with Gasteiger partial charge in [-0.1, -0.05) is 23.7 Å². The number of nitrogens with zero attached hydrogens (tertiary/aromatic N) is 2. The monoisotopic (exact) mass is 369 g/mol. The van der Waals surface area contributed by atoms with E-state index in [-0.39, 0.29) is 11.8 Å². The summed E-state index contributed by atoms with van der Waals surface area (Å²) in [5, 5.41) is 8.13. The van der Waals surface area contributed by atoms with E-state index < -0.39 is 0 Å². The fraction of sp³-hybridized carbons (Fsp3) is 0.158. The Morgan fingerprint density at radius 3 is 2.56 bits per heavy atom. The van der Waals surface area contributed by atoms with Crippen LogP contribution in [0.25, 0.3) is 5.69 Å². The molecule has 0 unspecified atom stereocenters. The molecule has 1 aliphatic rings. The number of fused-ring (bicyclic) bond motifs is 1. The van der Waals surface area contributed by atoms with Crippen LogP contribution < -0.4 is 5.32 Å². The van der Waals surface area contributed by atoms with E-state index in [9.17, 15) is 4.79 Å². The summed E-state index contributed by atoms with van der Waals surface area (Å²) >= 11 is 7.67. The van der Waals surface area contributed by atoms with Crippen molar-refractivity contribution in [1.29, 1.82) is 0 Å². The largest absolute Gasteiger partial charge is 0.310 e. The Hall–Kier alpha value is -2.24. The molecule has 1 N–H and O–H groups in total. The van der Waals surface area contributed by atoms with E-state index in [0.29, 0.717) is 11.4 Å². The van der Waals surface area contributed by atoms with Gasteiger partial charge in [0.2, 0.25) is 5.91 Å². The summed E-state index contributed by atoms with van der Waals surface area (Å²) in [7, 11) is 0. The van der Waals surface area contributed by atoms with Gasteiger partial charge in [0.1, 0.15) is 5.82 Å². The lowest BCUT2D eigenvalue weighted by molar-refractivity contribution is -0.116. The third-order valence-electron chi connectivity index (χ3n) is 4.41. The molecule has 1 atom stereocenters. The zero-order valence-electron chi connectivity index (χ0n) is 13.6. The zero-order valence-corrected chi connectivity index (χ0v) is 15.1. The van der Waals surface area contributed by atoms with Crippen molar-refractivity contribution >= 4 is 35.1 Å². The van der Waals surface area contributed by atoms with Gasteiger partial charge < -0.3 is 5.32 Å². The molecule has 126 valence electrons. The minimum atomic E-state index is 0.00200. The smallest absolute Gasteiger partial charge is 0.226 e. The number of anilines is 1. The fourth-order valence-corrected chi connectivity index (χ4v) is 3.67. The molecule has 2 heterocycles. The van der Waals surface area contributed by atoms with Gasteiger partial charge >= 0.3 is 0 Å². The second-order valence-corrected chi connectivity index (χ2v) is 7.23. The summed E-state index contributed by atoms with van der Waals surface area (Å²) in [6.45, 7) is 0. The first-order chi connectivity index (χ1) is 12.2. The summed E-state index contributed by atoms with van der Waals surface area (Å²) in [6, 6.07) is 15.8. The number of thioether (sulfide) groups is 1. The molecule has 3 aromatic rings. The summed E-state index contributed by atoms with van der Waals surface area (Å²) < 4.78 is 1.76. The van der Waals surface area contributed by atoms with E-state index in [1.807, 2.05) is 30.5 Å². The van der Waals surface area contributed by atoms with Gasteiger partial charge in [-0.25, -0.2) is 4.68 Å². The Balaban J connectivity index is 1.76. The van der Waals surface area contributed by atoms with Crippen LogP contribution in [0.4, 0.5) is 5.82 Å². The Bertz CT molecular complexity index is 919. The average Bonchev–Trinajstić information content (AvgIpc) is 3.05. The van der Waals surface area contributed by atoms with Crippen LogP contribution in [0.1, 0.15) is 23.5 Å². The van der Waals surface area contributed by atoms with Crippen LogP contribution in [-0.4, -0.2) is 21.9 Å². The van der Waals surface area contributed by atoms with Crippen LogP contribution in [-0.2, 0) is 4.79 Å². The second-order valence-electron chi connectivity index (χ2n) is 5.91. The molecule has 2 aromatic carbocycles. The Morgan fingerprint density at radius 2 is 1.88 bits per heavy atom. The lowest BCUT2D eigenvalue weighted by Crippen LogP contribution is -2.24. The Kier molecular flexibility index (Phi) is 4.27. The number of benzene rings is 2. The maximum absolute atomic E-state index is 12.3. The van der Waals surface area contributed by atoms with Gasteiger partial charge in [0, 0.05) is 27.8 Å². The number of amides is 1. The number of hydrogen-bond acceptors (Lipinski definition) is 3. The standard InChI is InChI=1S/C19H16ClN3OS/c1-25-15-8-2-12(3-9-15)16-10-18(24)22-19-17(16)11-21-23(19)14-6-4-13(20)5-7-14/h2-9,11,16H,10H2,1H3,(H,22,24)/t16-/m0/s1. The Morgan fingerprint density at radius 1 is 1.16 bits per heavy atom. The molecular formula is C19H16ClN3OS. The maximum atomic E-state index is 12.3. The Labute approximate surface area is 155 Å². The zero-order chi connectivity index (χ0) is 17.4. The fourth-order valence-electron chi connectivity index (χ4n) is 3.13. The summed E-state index contributed by atoms with van der Waals surface area (Å²) in [6.07, 6.45) is 4.33. The van der Waals surface area contributed by atoms with E-state index in [1.54, 1.807) is 16.4 Å². The molecule has 0 spiro atoms. The molecule has 0 aliphatic carbocycles. The van der Waals surface area contributed by atoms with Gasteiger partial charge in [-0.3, -0.25) is 4.79 Å². The molecule has 1 aliphatic heterocycles. The predicted molar refractivity (Wildman–Crippen MR) is 102 cm³/mol. The van der Waals surface area contributed by atoms with Crippen molar-refractivity contribution < 1.29 is 4.79 Å². The number of carbonyl (C=O) groups excluding carboxylic acids is 1. The highest BCUT2D eigenvalue weighted by Crippen LogP contribution is 2.38. The predicted octanol–water partition coefficient (Wildman–Crippen LogP) is 4.72. The molecule has 6 heteroatoms. The molecule has 4 rings (SSSR count). The van der Waals surface area contributed by atoms with Crippen molar-refractivity contribution in [2.24, 2.45) is 0 Å². The van der Waals surface area contributed by atoms with Gasteiger partial charge in [-0.2, -0.15) is 5.10 Å². The number of hydrogen-bond donors (Lipinski definition) is 1. The van der Waals surface area contributed by atoms with E-state index >= 15 is 0 Å². The van der Waals surface area contributed by atoms with Gasteiger partial charge in [0.25, 0.3) is 0 Å². The minimum absolute atomic E-state index is 0.00200. The first kappa shape index (κ1) is 16.2. The minimum Gasteiger partial charge on any atom is -0.310 e. The number of nitrogens with one attached hydrogen (secondary N) is 1. The summed E-state index contributed by atoms with van der Waals surface area (Å²) in [4.78, 5) is 13.5. The van der Waals surface area contributed by atoms with E-state index in [1.165, 1.54) is 4.90 Å². The van der Waals surface area contributed by atoms with E-state index in [2.05, 4.69) is 40.9 Å². The van der Waals surface area contributed by atoms with Gasteiger partial charge in [-0.15, -0.1) is 11.8 Å². The summed E-state index contributed by atoms with van der Waals surface area (Å²) in [5.74, 6) is 0.750. The molecule has 0 radical (unpaired) electrons. The first-order valence-corrected chi connectivity index (χ1v) is 9.53. The van der Waals surface area contributed by atoms with E-state index in [4.69, 9.17) is 11.6 Å². The first-order valence-electron chi connectivity index (χ1n) is 7.93. The highest BCUT2D eigenvalue weighted by Gasteiger charge is 2.30. The second kappa shape index (κ2) is 6.58. The normalized spacial score (nSPS) is 16.4. The molecule has 0 fully saturated rings. The molecule has 0 bridgehead atoms. The van der Waals surface area contributed by atoms with Crippen LogP contribution in [0.3, 0.4) is 0 Å². The number of halogens is 1. The third-order valence-corrected chi connectivity index (χ3v) is 5.41. The van der Waals surface area contributed by atoms with Gasteiger partial charge in [-0.05, 0) is 48.2 Å². The quantitative estimate of drug-likeness (QED) is 0.679. The van der Waals surface area contributed by atoms with Gasteiger partial charge in [0.15, 0.2) is 0 Å². The van der Waals surface area contributed by atoms with Crippen LogP contribution >= 0.6 is 23.4 Å². The van der Waals surface area contributed by atoms with Crippen LogP contribution in [0.5, 0.6) is 0 Å². The van der Waals surface area contributed by atoms with Crippen molar-refractivity contribution in [3.63, 3.8) is 0 Å². The highest BCUT2D eigenvalue weighted by molar-refractivity contribution is 7.98. The SMILES string of the molecule is CSc1ccc([C@@H]2CC(=O)Nc3c2cnn3-c2ccc(Cl)cc2)cc1. The van der Waals surface area contributed by atoms with Crippen molar-refractivity contribution in [1.82, 2.24) is 9.78 Å². The number of aromatic nitrogens is 2. The maximum Gasteiger partial charge on any atom is 0.226 e. The number of rotatable bonds is 3. The molecule has 1 amide bonds. The molecule has 0 saturated heterocycles. The van der Waals surface area contributed by atoms with Crippen LogP contribution in [0, 0.1) is 0 Å². The molecule has 0 saturated carbocycles. The van der Waals surface area contributed by atoms with Crippen molar-refractivity contribution in [2.45, 2.75) is 17.2 Å². The summed E-state index contributed by atoms with van der Waals surface area (Å²) in [5.41, 5.74) is 3.03. The van der Waals surface area contributed by atoms with Gasteiger partial charge in [0.05, 0.1) is 11.9 Å². The molecule has 25 heavy (non-hydrogen) atoms. The number of carbonyl (C=O) groups is 1. The van der Waals surface area contributed by atoms with Crippen LogP contribution in [0.2, 0.25) is 5.02 Å². The van der Waals surface area contributed by atoms with Crippen molar-refractivity contribution in [2.75, 3.05) is 11.6 Å². The third kappa shape index (κ3) is 3.05. The highest BCUT2D eigenvalue weighted by atomic mass is 35.5.